The number of aromatic nitrogens is 3. The van der Waals surface area contributed by atoms with Gasteiger partial charge < -0.3 is 10.0 Å². The molecule has 146 valence electrons. The molecule has 0 radical (unpaired) electrons. The molecule has 0 unspecified atom stereocenters. The first kappa shape index (κ1) is 19.5. The van der Waals surface area contributed by atoms with Gasteiger partial charge in [-0.15, -0.1) is 0 Å². The number of benzene rings is 1. The van der Waals surface area contributed by atoms with Crippen molar-refractivity contribution in [2.24, 2.45) is 0 Å². The molecule has 8 heteroatoms. The maximum absolute atomic E-state index is 13.2. The van der Waals surface area contributed by atoms with Crippen LogP contribution in [0.2, 0.25) is 0 Å². The first-order chi connectivity index (χ1) is 13.3. The molecule has 0 aliphatic carbocycles. The summed E-state index contributed by atoms with van der Waals surface area (Å²) >= 11 is 0. The van der Waals surface area contributed by atoms with E-state index in [1.54, 1.807) is 23.9 Å². The van der Waals surface area contributed by atoms with Crippen LogP contribution in [0.25, 0.3) is 11.0 Å². The van der Waals surface area contributed by atoms with E-state index in [0.717, 1.165) is 0 Å². The minimum absolute atomic E-state index is 0.0482. The van der Waals surface area contributed by atoms with Crippen LogP contribution in [0.3, 0.4) is 0 Å². The molecule has 0 bridgehead atoms. The van der Waals surface area contributed by atoms with Gasteiger partial charge in [-0.25, -0.2) is 14.1 Å². The molecule has 0 atom stereocenters. The van der Waals surface area contributed by atoms with Crippen LogP contribution in [0.1, 0.15) is 41.5 Å². The lowest BCUT2D eigenvalue weighted by atomic mass is 10.1. The maximum atomic E-state index is 13.2. The molecule has 0 aliphatic heterocycles. The highest BCUT2D eigenvalue weighted by atomic mass is 19.1. The minimum Gasteiger partial charge on any atom is -0.480 e. The van der Waals surface area contributed by atoms with Crippen LogP contribution in [-0.2, 0) is 11.3 Å². The van der Waals surface area contributed by atoms with Gasteiger partial charge in [0.25, 0.3) is 5.91 Å². The summed E-state index contributed by atoms with van der Waals surface area (Å²) in [5.74, 6) is -1.96. The monoisotopic (exact) mass is 384 g/mol. The fraction of sp³-hybridized carbons (Fsp3) is 0.300. The van der Waals surface area contributed by atoms with Gasteiger partial charge in [-0.2, -0.15) is 5.10 Å². The third-order valence-electron chi connectivity index (χ3n) is 4.31. The number of nitrogens with zero attached hydrogens (tertiary/aromatic N) is 4. The van der Waals surface area contributed by atoms with Crippen molar-refractivity contribution in [3.8, 4) is 0 Å². The van der Waals surface area contributed by atoms with Gasteiger partial charge in [-0.3, -0.25) is 9.59 Å². The van der Waals surface area contributed by atoms with Gasteiger partial charge in [0.1, 0.15) is 12.4 Å². The van der Waals surface area contributed by atoms with E-state index in [2.05, 4.69) is 10.1 Å². The average molecular weight is 384 g/mol. The third kappa shape index (κ3) is 4.00. The number of carbonyl (C=O) groups excluding carboxylic acids is 1. The maximum Gasteiger partial charge on any atom is 0.323 e. The minimum atomic E-state index is -1.13. The molecule has 1 N–H and O–H groups in total. The van der Waals surface area contributed by atoms with Crippen molar-refractivity contribution in [1.29, 1.82) is 0 Å². The second kappa shape index (κ2) is 7.75. The predicted octanol–water partition coefficient (Wildman–Crippen LogP) is 3.19. The molecule has 3 rings (SSSR count). The number of amides is 1. The first-order valence-electron chi connectivity index (χ1n) is 8.86. The Balaban J connectivity index is 2.02. The Morgan fingerprint density at radius 3 is 2.54 bits per heavy atom. The fourth-order valence-corrected chi connectivity index (χ4v) is 3.04. The van der Waals surface area contributed by atoms with Crippen molar-refractivity contribution in [2.45, 2.75) is 33.4 Å². The molecule has 0 aliphatic rings. The number of carboxylic acids is 1. The van der Waals surface area contributed by atoms with Crippen molar-refractivity contribution >= 4 is 22.9 Å². The molecule has 28 heavy (non-hydrogen) atoms. The lowest BCUT2D eigenvalue weighted by molar-refractivity contribution is -0.137. The smallest absolute Gasteiger partial charge is 0.323 e. The van der Waals surface area contributed by atoms with Crippen molar-refractivity contribution in [3.05, 3.63) is 59.2 Å². The van der Waals surface area contributed by atoms with Gasteiger partial charge in [-0.1, -0.05) is 12.1 Å². The molecule has 2 heterocycles. The molecular formula is C20H21FN4O3. The molecule has 0 spiro atoms. The summed E-state index contributed by atoms with van der Waals surface area (Å²) in [7, 11) is 0. The van der Waals surface area contributed by atoms with Gasteiger partial charge in [0.15, 0.2) is 5.65 Å². The van der Waals surface area contributed by atoms with Crippen LogP contribution in [0.5, 0.6) is 0 Å². The zero-order valence-electron chi connectivity index (χ0n) is 15.9. The molecule has 1 amide bonds. The van der Waals surface area contributed by atoms with Gasteiger partial charge in [0.05, 0.1) is 17.1 Å². The molecule has 2 aromatic heterocycles. The second-order valence-electron chi connectivity index (χ2n) is 6.91. The van der Waals surface area contributed by atoms with E-state index < -0.39 is 24.2 Å². The molecular weight excluding hydrogens is 363 g/mol. The Labute approximate surface area is 161 Å². The summed E-state index contributed by atoms with van der Waals surface area (Å²) in [5.41, 5.74) is 2.19. The van der Waals surface area contributed by atoms with E-state index in [1.807, 2.05) is 13.8 Å². The van der Waals surface area contributed by atoms with Crippen LogP contribution in [0.4, 0.5) is 4.39 Å². The van der Waals surface area contributed by atoms with Crippen molar-refractivity contribution in [2.75, 3.05) is 6.54 Å². The largest absolute Gasteiger partial charge is 0.480 e. The Morgan fingerprint density at radius 2 is 1.93 bits per heavy atom. The average Bonchev–Trinajstić information content (AvgIpc) is 3.05. The second-order valence-corrected chi connectivity index (χ2v) is 6.91. The number of pyridine rings is 1. The number of rotatable bonds is 6. The number of aliphatic carboxylic acids is 1. The molecule has 7 nitrogen and oxygen atoms in total. The van der Waals surface area contributed by atoms with Crippen LogP contribution in [0, 0.1) is 12.7 Å². The van der Waals surface area contributed by atoms with E-state index in [4.69, 9.17) is 0 Å². The number of carboxylic acid groups (broad SMARTS) is 1. The quantitative estimate of drug-likeness (QED) is 0.705. The zero-order chi connectivity index (χ0) is 20.4. The van der Waals surface area contributed by atoms with Crippen molar-refractivity contribution in [1.82, 2.24) is 19.7 Å². The van der Waals surface area contributed by atoms with Crippen LogP contribution in [0.15, 0.2) is 36.5 Å². The summed E-state index contributed by atoms with van der Waals surface area (Å²) in [4.78, 5) is 30.3. The Hall–Kier alpha value is -3.29. The summed E-state index contributed by atoms with van der Waals surface area (Å²) in [6, 6.07) is 7.31. The van der Waals surface area contributed by atoms with E-state index in [0.29, 0.717) is 27.9 Å². The van der Waals surface area contributed by atoms with E-state index in [-0.39, 0.29) is 12.6 Å². The molecule has 3 aromatic rings. The predicted molar refractivity (Wildman–Crippen MR) is 101 cm³/mol. The summed E-state index contributed by atoms with van der Waals surface area (Å²) < 4.78 is 14.9. The standard InChI is InChI=1S/C20H21FN4O3/c1-12(2)25-19-17(9-22-25)16(8-13(3)23-19)20(28)24(11-18(26)27)10-14-4-6-15(21)7-5-14/h4-9,12H,10-11H2,1-3H3,(H,26,27). The lowest BCUT2D eigenvalue weighted by Gasteiger charge is -2.21. The van der Waals surface area contributed by atoms with Gasteiger partial charge in [0.2, 0.25) is 0 Å². The number of fused-ring (bicyclic) bond motifs is 1. The van der Waals surface area contributed by atoms with E-state index in [1.165, 1.54) is 29.2 Å². The number of carbonyl (C=O) groups is 2. The van der Waals surface area contributed by atoms with Gasteiger partial charge >= 0.3 is 5.97 Å². The number of aryl methyl sites for hydroxylation is 1. The topological polar surface area (TPSA) is 88.3 Å². The normalized spacial score (nSPS) is 11.2. The number of halogens is 1. The molecule has 0 fully saturated rings. The van der Waals surface area contributed by atoms with Crippen LogP contribution in [-0.4, -0.2) is 43.2 Å². The molecule has 0 saturated carbocycles. The lowest BCUT2D eigenvalue weighted by Crippen LogP contribution is -2.35. The molecule has 1 aromatic carbocycles. The van der Waals surface area contributed by atoms with Crippen LogP contribution >= 0.6 is 0 Å². The number of hydrogen-bond donors (Lipinski definition) is 1. The molecule has 0 saturated heterocycles. The van der Waals surface area contributed by atoms with Gasteiger partial charge in [0, 0.05) is 18.3 Å². The summed E-state index contributed by atoms with van der Waals surface area (Å²) in [6.07, 6.45) is 1.58. The Bertz CT molecular complexity index is 1030. The fourth-order valence-electron chi connectivity index (χ4n) is 3.04. The van der Waals surface area contributed by atoms with Crippen LogP contribution < -0.4 is 0 Å². The van der Waals surface area contributed by atoms with E-state index in [9.17, 15) is 19.1 Å². The van der Waals surface area contributed by atoms with Crippen molar-refractivity contribution < 1.29 is 19.1 Å². The third-order valence-corrected chi connectivity index (χ3v) is 4.31. The number of hydrogen-bond acceptors (Lipinski definition) is 4. The summed E-state index contributed by atoms with van der Waals surface area (Å²) in [5, 5.41) is 14.2. The Kier molecular flexibility index (Phi) is 5.39. The Morgan fingerprint density at radius 1 is 1.25 bits per heavy atom. The SMILES string of the molecule is Cc1cc(C(=O)N(CC(=O)O)Cc2ccc(F)cc2)c2cnn(C(C)C)c2n1. The highest BCUT2D eigenvalue weighted by Crippen LogP contribution is 2.23. The highest BCUT2D eigenvalue weighted by Gasteiger charge is 2.23. The highest BCUT2D eigenvalue weighted by molar-refractivity contribution is 6.06. The van der Waals surface area contributed by atoms with E-state index >= 15 is 0 Å². The summed E-state index contributed by atoms with van der Waals surface area (Å²) in [6.45, 7) is 5.27. The zero-order valence-corrected chi connectivity index (χ0v) is 15.9. The van der Waals surface area contributed by atoms with Crippen molar-refractivity contribution in [3.63, 3.8) is 0 Å². The first-order valence-corrected chi connectivity index (χ1v) is 8.86. The van der Waals surface area contributed by atoms with Gasteiger partial charge in [-0.05, 0) is 44.5 Å².